The maximum Gasteiger partial charge on any atom is 0.158 e. The molecular weight excluding hydrogens is 172 g/mol. The van der Waals surface area contributed by atoms with Crippen LogP contribution in [-0.2, 0) is 14.4 Å². The highest BCUT2D eigenvalue weighted by molar-refractivity contribution is 5.91. The van der Waals surface area contributed by atoms with Crippen molar-refractivity contribution < 1.29 is 19.7 Å². The molecule has 1 N–H and O–H groups in total. The van der Waals surface area contributed by atoms with Crippen molar-refractivity contribution >= 4 is 5.78 Å². The van der Waals surface area contributed by atoms with Gasteiger partial charge in [0, 0.05) is 12.8 Å². The van der Waals surface area contributed by atoms with Crippen LogP contribution in [0.5, 0.6) is 0 Å². The average molecular weight is 184 g/mol. The van der Waals surface area contributed by atoms with Gasteiger partial charge in [0.15, 0.2) is 11.4 Å². The quantitative estimate of drug-likeness (QED) is 0.486. The van der Waals surface area contributed by atoms with Gasteiger partial charge in [-0.15, -0.1) is 0 Å². The highest BCUT2D eigenvalue weighted by atomic mass is 17.1. The van der Waals surface area contributed by atoms with E-state index in [-0.39, 0.29) is 18.0 Å². The molecule has 0 radical (unpaired) electrons. The molecule has 3 atom stereocenters. The van der Waals surface area contributed by atoms with Gasteiger partial charge in [-0.1, -0.05) is 0 Å². The van der Waals surface area contributed by atoms with Crippen molar-refractivity contribution in [2.24, 2.45) is 0 Å². The zero-order valence-corrected chi connectivity index (χ0v) is 7.40. The Kier molecular flexibility index (Phi) is 1.98. The predicted molar refractivity (Wildman–Crippen MR) is 44.2 cm³/mol. The zero-order chi connectivity index (χ0) is 9.47. The minimum Gasteiger partial charge on any atom is -0.371 e. The van der Waals surface area contributed by atoms with Crippen LogP contribution in [0.4, 0.5) is 0 Å². The number of carbonyl (C=O) groups is 1. The molecule has 0 saturated carbocycles. The number of hydrogen-bond acceptors (Lipinski definition) is 4. The molecule has 0 unspecified atom stereocenters. The van der Waals surface area contributed by atoms with E-state index in [4.69, 9.17) is 9.99 Å². The number of carbonyl (C=O) groups excluding carboxylic acids is 1. The molecule has 2 rings (SSSR count). The number of allylic oxidation sites excluding steroid dienone is 1. The molecular formula is C9H12O4. The molecule has 2 aliphatic rings. The Hall–Kier alpha value is -0.710. The largest absolute Gasteiger partial charge is 0.371 e. The smallest absolute Gasteiger partial charge is 0.158 e. The molecule has 1 aliphatic heterocycles. The van der Waals surface area contributed by atoms with Gasteiger partial charge in [0.1, 0.15) is 6.10 Å². The molecule has 1 aliphatic carbocycles. The molecule has 0 bridgehead atoms. The first-order chi connectivity index (χ1) is 6.16. The molecule has 1 fully saturated rings. The van der Waals surface area contributed by atoms with Crippen molar-refractivity contribution in [1.29, 1.82) is 0 Å². The summed E-state index contributed by atoms with van der Waals surface area (Å²) in [5.74, 6) is 0.0202. The van der Waals surface area contributed by atoms with Crippen molar-refractivity contribution in [3.8, 4) is 0 Å². The van der Waals surface area contributed by atoms with Crippen LogP contribution < -0.4 is 0 Å². The van der Waals surface area contributed by atoms with E-state index >= 15 is 0 Å². The number of rotatable bonds is 1. The summed E-state index contributed by atoms with van der Waals surface area (Å²) >= 11 is 0. The average Bonchev–Trinajstić information content (AvgIpc) is 2.41. The van der Waals surface area contributed by atoms with Crippen molar-refractivity contribution in [1.82, 2.24) is 0 Å². The highest BCUT2D eigenvalue weighted by Crippen LogP contribution is 2.38. The second-order valence-electron chi connectivity index (χ2n) is 3.69. The van der Waals surface area contributed by atoms with Gasteiger partial charge in [-0.3, -0.25) is 10.1 Å². The summed E-state index contributed by atoms with van der Waals surface area (Å²) in [5, 5.41) is 8.81. The van der Waals surface area contributed by atoms with Crippen molar-refractivity contribution in [2.75, 3.05) is 0 Å². The maximum absolute atomic E-state index is 11.1. The molecule has 0 amide bonds. The van der Waals surface area contributed by atoms with E-state index < -0.39 is 5.60 Å². The Labute approximate surface area is 76.1 Å². The number of fused-ring (bicyclic) bond motifs is 1. The summed E-state index contributed by atoms with van der Waals surface area (Å²) in [5.41, 5.74) is -0.784. The van der Waals surface area contributed by atoms with E-state index in [2.05, 4.69) is 4.89 Å². The summed E-state index contributed by atoms with van der Waals surface area (Å²) in [6, 6.07) is 0. The van der Waals surface area contributed by atoms with Crippen LogP contribution in [0.3, 0.4) is 0 Å². The van der Waals surface area contributed by atoms with Crippen LogP contribution >= 0.6 is 0 Å². The van der Waals surface area contributed by atoms with E-state index in [1.54, 1.807) is 6.08 Å². The van der Waals surface area contributed by atoms with Gasteiger partial charge in [0.05, 0.1) is 6.10 Å². The second-order valence-corrected chi connectivity index (χ2v) is 3.69. The molecule has 0 aromatic carbocycles. The van der Waals surface area contributed by atoms with E-state index in [0.717, 1.165) is 0 Å². The molecule has 0 aromatic heterocycles. The van der Waals surface area contributed by atoms with Gasteiger partial charge in [0.2, 0.25) is 0 Å². The topological polar surface area (TPSA) is 55.8 Å². The van der Waals surface area contributed by atoms with E-state index in [9.17, 15) is 4.79 Å². The molecule has 4 nitrogen and oxygen atoms in total. The fraction of sp³-hybridized carbons (Fsp3) is 0.667. The molecule has 13 heavy (non-hydrogen) atoms. The number of hydrogen-bond donors (Lipinski definition) is 1. The standard InChI is InChI=1S/C9H12O4/c1-6-5-9(13-11)3-2-7(10)4-8(9)12-6/h2-3,6,8,11H,4-5H2,1H3/t6-,8+,9-/m0/s1. The Bertz CT molecular complexity index is 260. The highest BCUT2D eigenvalue weighted by Gasteiger charge is 2.49. The first-order valence-corrected chi connectivity index (χ1v) is 4.36. The van der Waals surface area contributed by atoms with Crippen LogP contribution in [0, 0.1) is 0 Å². The zero-order valence-electron chi connectivity index (χ0n) is 7.40. The third kappa shape index (κ3) is 1.31. The van der Waals surface area contributed by atoms with Crippen LogP contribution in [0.1, 0.15) is 19.8 Å². The number of ether oxygens (including phenoxy) is 1. The third-order valence-electron chi connectivity index (χ3n) is 2.66. The summed E-state index contributed by atoms with van der Waals surface area (Å²) in [7, 11) is 0. The van der Waals surface area contributed by atoms with Gasteiger partial charge in [0.25, 0.3) is 0 Å². The molecule has 0 spiro atoms. The molecule has 4 heteroatoms. The lowest BCUT2D eigenvalue weighted by Gasteiger charge is -2.29. The van der Waals surface area contributed by atoms with Gasteiger partial charge in [-0.25, -0.2) is 4.89 Å². The minimum absolute atomic E-state index is 0.0202. The predicted octanol–water partition coefficient (Wildman–Crippen LogP) is 0.921. The van der Waals surface area contributed by atoms with E-state index in [1.807, 2.05) is 6.92 Å². The Morgan fingerprint density at radius 3 is 3.23 bits per heavy atom. The summed E-state index contributed by atoms with van der Waals surface area (Å²) in [6.45, 7) is 1.90. The van der Waals surface area contributed by atoms with Crippen molar-refractivity contribution in [2.45, 2.75) is 37.6 Å². The lowest BCUT2D eigenvalue weighted by molar-refractivity contribution is -0.317. The second kappa shape index (κ2) is 2.90. The summed E-state index contributed by atoms with van der Waals surface area (Å²) in [6.07, 6.45) is 3.64. The van der Waals surface area contributed by atoms with Crippen LogP contribution in [-0.4, -0.2) is 28.8 Å². The van der Waals surface area contributed by atoms with Crippen LogP contribution in [0.25, 0.3) is 0 Å². The summed E-state index contributed by atoms with van der Waals surface area (Å²) in [4.78, 5) is 15.5. The Balaban J connectivity index is 2.28. The Morgan fingerprint density at radius 1 is 1.77 bits per heavy atom. The Morgan fingerprint density at radius 2 is 2.54 bits per heavy atom. The number of ketones is 1. The fourth-order valence-electron chi connectivity index (χ4n) is 2.03. The lowest BCUT2D eigenvalue weighted by atomic mass is 9.86. The molecule has 1 heterocycles. The monoisotopic (exact) mass is 184 g/mol. The van der Waals surface area contributed by atoms with Gasteiger partial charge in [-0.2, -0.15) is 0 Å². The summed E-state index contributed by atoms with van der Waals surface area (Å²) < 4.78 is 5.47. The van der Waals surface area contributed by atoms with Crippen LogP contribution in [0.15, 0.2) is 12.2 Å². The van der Waals surface area contributed by atoms with E-state index in [1.165, 1.54) is 6.08 Å². The van der Waals surface area contributed by atoms with E-state index in [0.29, 0.717) is 12.8 Å². The van der Waals surface area contributed by atoms with Crippen LogP contribution in [0.2, 0.25) is 0 Å². The van der Waals surface area contributed by atoms with Crippen molar-refractivity contribution in [3.05, 3.63) is 12.2 Å². The third-order valence-corrected chi connectivity index (χ3v) is 2.66. The normalized spacial score (nSPS) is 43.7. The lowest BCUT2D eigenvalue weighted by Crippen LogP contribution is -2.42. The molecule has 72 valence electrons. The van der Waals surface area contributed by atoms with Gasteiger partial charge < -0.3 is 4.74 Å². The SMILES string of the molecule is C[C@H]1C[C@@]2(OO)C=CC(=O)C[C@H]2O1. The first kappa shape index (κ1) is 8.87. The minimum atomic E-state index is -0.784. The molecule has 0 aromatic rings. The first-order valence-electron chi connectivity index (χ1n) is 4.36. The van der Waals surface area contributed by atoms with Crippen molar-refractivity contribution in [3.63, 3.8) is 0 Å². The van der Waals surface area contributed by atoms with Gasteiger partial charge in [-0.05, 0) is 19.1 Å². The maximum atomic E-state index is 11.1. The molecule has 1 saturated heterocycles. The fourth-order valence-corrected chi connectivity index (χ4v) is 2.03. The van der Waals surface area contributed by atoms with Gasteiger partial charge >= 0.3 is 0 Å².